The molecule has 9 unspecified atom stereocenters. The van der Waals surface area contributed by atoms with Gasteiger partial charge in [-0.25, -0.2) is 0 Å². The molecule has 8 rings (SSSR count). The molecule has 16 atom stereocenters. The van der Waals surface area contributed by atoms with Crippen molar-refractivity contribution in [2.75, 3.05) is 33.4 Å². The Morgan fingerprint density at radius 2 is 0.750 bits per heavy atom. The zero-order valence-corrected chi connectivity index (χ0v) is 73.2. The minimum Gasteiger partial charge on any atom is -0.384 e. The molecule has 8 heteroatoms. The van der Waals surface area contributed by atoms with Crippen molar-refractivity contribution in [2.45, 2.75) is 469 Å². The highest BCUT2D eigenvalue weighted by atomic mass is 16.5. The summed E-state index contributed by atoms with van der Waals surface area (Å²) in [4.78, 5) is 19.0. The Morgan fingerprint density at radius 1 is 0.365 bits per heavy atom. The van der Waals surface area contributed by atoms with E-state index in [1.807, 2.05) is 7.11 Å². The third-order valence-electron chi connectivity index (χ3n) is 25.3. The maximum absolute atomic E-state index is 5.29. The Kier molecular flexibility index (Phi) is 37.9. The van der Waals surface area contributed by atoms with E-state index in [4.69, 9.17) is 4.74 Å². The van der Waals surface area contributed by atoms with Crippen LogP contribution >= 0.6 is 0 Å². The van der Waals surface area contributed by atoms with Crippen LogP contribution in [-0.4, -0.2) is 176 Å². The summed E-state index contributed by atoms with van der Waals surface area (Å²) in [7, 11) is 1.81. The second kappa shape index (κ2) is 39.7. The maximum atomic E-state index is 5.29. The van der Waals surface area contributed by atoms with E-state index in [-0.39, 0.29) is 0 Å². The van der Waals surface area contributed by atoms with Crippen molar-refractivity contribution in [2.24, 2.45) is 68.5 Å². The average Bonchev–Trinajstić information content (AvgIpc) is 1.77. The van der Waals surface area contributed by atoms with Crippen LogP contribution < -0.4 is 0 Å². The summed E-state index contributed by atoms with van der Waals surface area (Å²) >= 11 is 0. The van der Waals surface area contributed by atoms with Crippen molar-refractivity contribution in [3.05, 3.63) is 0 Å². The van der Waals surface area contributed by atoms with Gasteiger partial charge in [0.1, 0.15) is 0 Å². The Hall–Kier alpha value is -0.320. The SMILES string of the molecule is CC(C)N1C(C)CC[C@H]1C(C)(C)C.CC(C)[C@@H]1CC2CCCC2N1C(C)C.CC1C[C@@H](C(C)(C)C)N(C(C)C)C1.CC1C[C@@H](C(C)C)N(C(C)C)C1C.CCC1CC[C@@H](C(C)(C)C)N1C(C)C.CCC1C[C@@H](C(C)(C)C)N(C(C)C)C1.COCC1C[C@@H](C(C)(C)C)N(C(C)C)C1. The van der Waals surface area contributed by atoms with E-state index in [1.54, 1.807) is 0 Å². The van der Waals surface area contributed by atoms with E-state index in [0.717, 1.165) is 114 Å². The maximum Gasteiger partial charge on any atom is 0.0503 e. The molecule has 8 aliphatic rings. The smallest absolute Gasteiger partial charge is 0.0503 e. The number of ether oxygens (including phenoxy) is 1. The van der Waals surface area contributed by atoms with Gasteiger partial charge in [-0.2, -0.15) is 0 Å². The van der Waals surface area contributed by atoms with Crippen LogP contribution in [0.2, 0.25) is 0 Å². The van der Waals surface area contributed by atoms with Gasteiger partial charge in [0, 0.05) is 135 Å². The molecule has 574 valence electrons. The van der Waals surface area contributed by atoms with Crippen molar-refractivity contribution >= 4 is 0 Å². The predicted octanol–water partition coefficient (Wildman–Crippen LogP) is 22.9. The third-order valence-corrected chi connectivity index (χ3v) is 25.3. The van der Waals surface area contributed by atoms with Crippen LogP contribution in [0.25, 0.3) is 0 Å². The fourth-order valence-electron chi connectivity index (χ4n) is 20.1. The van der Waals surface area contributed by atoms with Gasteiger partial charge in [-0.05, 0) is 256 Å². The quantitative estimate of drug-likeness (QED) is 0.180. The standard InChI is InChI=1S/C13H27NO.C13H25N.2C13H27N.3C12H25N/c1-10(2)14-8-11(9-15-6)7-12(14)13(3,4)5;1-9(2)13-8-11-6-5-7-12(11)14(13)10(3)4;1-7-11-8-12(13(4,5)6)14(9-11)10(2)3;1-7-11-8-9-12(13(4,5)6)14(11)10(2)3;1-9(2)13-8-10(3)7-11(13)12(4,5)6;1-9(2)13-10(3)7-8-11(13)12(4,5)6;1-8(2)12-7-10(5)11(6)13(12)9(3)4/h10-12H,7-9H2,1-6H3;9-13H,5-8H2,1-4H3;2*10-12H,7-9H2,1-6H3;2*9-11H,7-8H2,1-6H3;8-12H,7H2,1-6H3/t11?,12-;11?,12?,13-;2*11?,12-;2*10?,11-;10?,11?,12-/m0000000/s1. The zero-order chi connectivity index (χ0) is 74.4. The molecule has 0 aromatic heterocycles. The average molecular weight is 1350 g/mol. The minimum absolute atomic E-state index is 0.382. The van der Waals surface area contributed by atoms with Gasteiger partial charge in [-0.15, -0.1) is 0 Å². The molecule has 1 aliphatic carbocycles. The number of likely N-dealkylation sites (tertiary alicyclic amines) is 7. The molecular weight excluding hydrogens is 1170 g/mol. The van der Waals surface area contributed by atoms with Crippen molar-refractivity contribution in [1.29, 1.82) is 0 Å². The Bertz CT molecular complexity index is 2010. The van der Waals surface area contributed by atoms with Crippen molar-refractivity contribution in [3.63, 3.8) is 0 Å². The van der Waals surface area contributed by atoms with Gasteiger partial charge in [-0.3, -0.25) is 34.3 Å². The van der Waals surface area contributed by atoms with E-state index in [2.05, 4.69) is 304 Å². The molecule has 1 saturated carbocycles. The van der Waals surface area contributed by atoms with E-state index in [9.17, 15) is 0 Å². The normalized spacial score (nSPS) is 32.5. The number of hydrogen-bond donors (Lipinski definition) is 0. The summed E-state index contributed by atoms with van der Waals surface area (Å²) in [6, 6.07) is 13.7. The lowest BCUT2D eigenvalue weighted by Gasteiger charge is -2.40. The van der Waals surface area contributed by atoms with Gasteiger partial charge in [0.25, 0.3) is 0 Å². The van der Waals surface area contributed by atoms with Gasteiger partial charge in [0.15, 0.2) is 0 Å². The number of fused-ring (bicyclic) bond motifs is 1. The van der Waals surface area contributed by atoms with Crippen LogP contribution in [-0.2, 0) is 4.74 Å². The second-order valence-electron chi connectivity index (χ2n) is 41.5. The lowest BCUT2D eigenvalue weighted by atomic mass is 9.83. The van der Waals surface area contributed by atoms with E-state index >= 15 is 0 Å². The first-order chi connectivity index (χ1) is 43.8. The molecule has 0 radical (unpaired) electrons. The molecule has 0 aromatic rings. The molecule has 0 N–H and O–H groups in total. The number of hydrogen-bond acceptors (Lipinski definition) is 8. The fourth-order valence-corrected chi connectivity index (χ4v) is 20.1. The highest BCUT2D eigenvalue weighted by Crippen LogP contribution is 2.46. The summed E-state index contributed by atoms with van der Waals surface area (Å²) < 4.78 is 5.29. The Morgan fingerprint density at radius 3 is 1.09 bits per heavy atom. The first kappa shape index (κ1) is 91.8. The molecule has 0 aromatic carbocycles. The number of rotatable bonds is 13. The molecule has 0 amide bonds. The zero-order valence-electron chi connectivity index (χ0n) is 73.2. The fraction of sp³-hybridized carbons (Fsp3) is 1.00. The molecule has 7 heterocycles. The lowest BCUT2D eigenvalue weighted by molar-refractivity contribution is 0.0758. The minimum atomic E-state index is 0.382. The third kappa shape index (κ3) is 27.0. The summed E-state index contributed by atoms with van der Waals surface area (Å²) in [5.74, 6) is 6.08. The van der Waals surface area contributed by atoms with Gasteiger partial charge in [0.05, 0.1) is 6.61 Å². The van der Waals surface area contributed by atoms with Crippen molar-refractivity contribution < 1.29 is 4.74 Å². The summed E-state index contributed by atoms with van der Waals surface area (Å²) in [5.41, 5.74) is 2.14. The van der Waals surface area contributed by atoms with Gasteiger partial charge in [-0.1, -0.05) is 172 Å². The molecule has 0 bridgehead atoms. The molecule has 7 aliphatic heterocycles. The van der Waals surface area contributed by atoms with Crippen molar-refractivity contribution in [1.82, 2.24) is 34.3 Å². The second-order valence-corrected chi connectivity index (χ2v) is 41.5. The van der Waals surface area contributed by atoms with Crippen LogP contribution in [0.1, 0.15) is 360 Å². The highest BCUT2D eigenvalue weighted by molar-refractivity contribution is 5.01. The van der Waals surface area contributed by atoms with Crippen LogP contribution in [0.3, 0.4) is 0 Å². The van der Waals surface area contributed by atoms with E-state index in [0.29, 0.717) is 69.4 Å². The predicted molar refractivity (Wildman–Crippen MR) is 430 cm³/mol. The lowest BCUT2D eigenvalue weighted by Crippen LogP contribution is -2.46. The van der Waals surface area contributed by atoms with Gasteiger partial charge in [0.2, 0.25) is 0 Å². The largest absolute Gasteiger partial charge is 0.384 e. The molecule has 7 saturated heterocycles. The van der Waals surface area contributed by atoms with Gasteiger partial charge >= 0.3 is 0 Å². The van der Waals surface area contributed by atoms with Crippen LogP contribution in [0, 0.1) is 68.5 Å². The Labute approximate surface area is 606 Å². The number of nitrogens with zero attached hydrogens (tertiary/aromatic N) is 7. The monoisotopic (exact) mass is 1350 g/mol. The van der Waals surface area contributed by atoms with Crippen molar-refractivity contribution in [3.8, 4) is 0 Å². The van der Waals surface area contributed by atoms with E-state index < -0.39 is 0 Å². The molecule has 0 spiro atoms. The molecule has 8 nitrogen and oxygen atoms in total. The molecular formula is C88H181N7O. The summed E-state index contributed by atoms with van der Waals surface area (Å²) in [6.07, 6.45) is 19.6. The van der Waals surface area contributed by atoms with E-state index in [1.165, 1.54) is 110 Å². The highest BCUT2D eigenvalue weighted by Gasteiger charge is 2.47. The Balaban J connectivity index is 0.000000381. The molecule has 96 heavy (non-hydrogen) atoms. The van der Waals surface area contributed by atoms with Crippen LogP contribution in [0.15, 0.2) is 0 Å². The first-order valence-electron chi connectivity index (χ1n) is 41.7. The van der Waals surface area contributed by atoms with Crippen LogP contribution in [0.5, 0.6) is 0 Å². The number of methoxy groups -OCH3 is 1. The first-order valence-corrected chi connectivity index (χ1v) is 41.7. The summed E-state index contributed by atoms with van der Waals surface area (Å²) in [5, 5.41) is 0. The topological polar surface area (TPSA) is 31.9 Å². The molecule has 8 fully saturated rings. The summed E-state index contributed by atoms with van der Waals surface area (Å²) in [6.45, 7) is 96.5. The van der Waals surface area contributed by atoms with Crippen LogP contribution in [0.4, 0.5) is 0 Å². The van der Waals surface area contributed by atoms with Gasteiger partial charge < -0.3 is 4.74 Å².